The highest BCUT2D eigenvalue weighted by Crippen LogP contribution is 2.32. The summed E-state index contributed by atoms with van der Waals surface area (Å²) in [5.74, 6) is 0.811. The van der Waals surface area contributed by atoms with Crippen LogP contribution in [-0.4, -0.2) is 40.3 Å². The number of nitrogens with zero attached hydrogens (tertiary/aromatic N) is 1. The predicted octanol–water partition coefficient (Wildman–Crippen LogP) is 2.56. The number of hydrogen-bond acceptors (Lipinski definition) is 5. The van der Waals surface area contributed by atoms with E-state index >= 15 is 0 Å². The van der Waals surface area contributed by atoms with Crippen molar-refractivity contribution in [2.24, 2.45) is 0 Å². The van der Waals surface area contributed by atoms with E-state index in [1.807, 2.05) is 25.1 Å². The minimum atomic E-state index is -3.27. The van der Waals surface area contributed by atoms with Crippen LogP contribution in [0.5, 0.6) is 11.5 Å². The average Bonchev–Trinajstić information content (AvgIpc) is 2.99. The lowest BCUT2D eigenvalue weighted by Gasteiger charge is -2.19. The molecular formula is C19H22N2O5S. The van der Waals surface area contributed by atoms with Crippen molar-refractivity contribution in [2.45, 2.75) is 13.3 Å². The summed E-state index contributed by atoms with van der Waals surface area (Å²) >= 11 is 0. The van der Waals surface area contributed by atoms with Gasteiger partial charge in [0.05, 0.1) is 24.2 Å². The number of ether oxygens (including phenoxy) is 2. The van der Waals surface area contributed by atoms with E-state index in [1.165, 1.54) is 11.4 Å². The number of nitrogens with one attached hydrogen (secondary N) is 1. The molecule has 0 atom stereocenters. The molecule has 1 heterocycles. The molecule has 27 heavy (non-hydrogen) atoms. The molecule has 0 bridgehead atoms. The summed E-state index contributed by atoms with van der Waals surface area (Å²) in [5.41, 5.74) is 2.02. The Morgan fingerprint density at radius 2 is 2.04 bits per heavy atom. The Morgan fingerprint density at radius 1 is 1.22 bits per heavy atom. The summed E-state index contributed by atoms with van der Waals surface area (Å²) in [5, 5.41) is 2.73. The fraction of sp³-hybridized carbons (Fsp3) is 0.316. The lowest BCUT2D eigenvalue weighted by atomic mass is 10.2. The van der Waals surface area contributed by atoms with Gasteiger partial charge in [-0.3, -0.25) is 9.10 Å². The Kier molecular flexibility index (Phi) is 5.55. The molecular weight excluding hydrogens is 368 g/mol. The van der Waals surface area contributed by atoms with Crippen LogP contribution in [0, 0.1) is 6.92 Å². The van der Waals surface area contributed by atoms with Crippen LogP contribution in [0.4, 0.5) is 11.4 Å². The average molecular weight is 390 g/mol. The van der Waals surface area contributed by atoms with Crippen LogP contribution in [0.15, 0.2) is 42.5 Å². The molecule has 2 aromatic carbocycles. The number of aryl methyl sites for hydroxylation is 1. The third-order valence-electron chi connectivity index (χ3n) is 4.21. The van der Waals surface area contributed by atoms with Gasteiger partial charge in [-0.25, -0.2) is 8.42 Å². The lowest BCUT2D eigenvalue weighted by Crippen LogP contribution is -2.25. The molecule has 0 aliphatic carbocycles. The van der Waals surface area contributed by atoms with Gasteiger partial charge in [-0.15, -0.1) is 0 Å². The Labute approximate surface area is 158 Å². The first-order valence-corrected chi connectivity index (χ1v) is 10.2. The molecule has 1 aliphatic heterocycles. The third kappa shape index (κ3) is 4.51. The maximum absolute atomic E-state index is 12.2. The summed E-state index contributed by atoms with van der Waals surface area (Å²) in [6.45, 7) is 2.25. The number of sulfonamides is 1. The monoisotopic (exact) mass is 390 g/mol. The van der Waals surface area contributed by atoms with Crippen LogP contribution in [0.25, 0.3) is 0 Å². The van der Waals surface area contributed by atoms with E-state index in [0.717, 1.165) is 5.56 Å². The maximum Gasteiger partial charge on any atom is 0.262 e. The topological polar surface area (TPSA) is 84.9 Å². The van der Waals surface area contributed by atoms with E-state index in [4.69, 9.17) is 9.47 Å². The smallest absolute Gasteiger partial charge is 0.262 e. The van der Waals surface area contributed by atoms with Crippen LogP contribution >= 0.6 is 0 Å². The van der Waals surface area contributed by atoms with Crippen molar-refractivity contribution in [1.82, 2.24) is 0 Å². The normalized spacial score (nSPS) is 15.4. The number of amides is 1. The summed E-state index contributed by atoms with van der Waals surface area (Å²) in [6, 6.07) is 12.3. The van der Waals surface area contributed by atoms with E-state index in [9.17, 15) is 13.2 Å². The second-order valence-corrected chi connectivity index (χ2v) is 8.29. The van der Waals surface area contributed by atoms with Gasteiger partial charge >= 0.3 is 0 Å². The molecule has 0 radical (unpaired) electrons. The van der Waals surface area contributed by atoms with Crippen molar-refractivity contribution in [2.75, 3.05) is 35.6 Å². The molecule has 1 amide bonds. The highest BCUT2D eigenvalue weighted by molar-refractivity contribution is 7.93. The number of carbonyl (C=O) groups is 1. The van der Waals surface area contributed by atoms with E-state index in [1.54, 1.807) is 24.3 Å². The van der Waals surface area contributed by atoms with Crippen LogP contribution in [0.2, 0.25) is 0 Å². The minimum Gasteiger partial charge on any atom is -0.494 e. The molecule has 0 aromatic heterocycles. The molecule has 2 aromatic rings. The summed E-state index contributed by atoms with van der Waals surface area (Å²) in [4.78, 5) is 12.2. The molecule has 7 nitrogen and oxygen atoms in total. The molecule has 1 aliphatic rings. The van der Waals surface area contributed by atoms with Crippen LogP contribution in [0.3, 0.4) is 0 Å². The quantitative estimate of drug-likeness (QED) is 0.819. The van der Waals surface area contributed by atoms with Crippen molar-refractivity contribution in [1.29, 1.82) is 0 Å². The number of carbonyl (C=O) groups excluding carboxylic acids is 1. The number of methoxy groups -OCH3 is 1. The first-order chi connectivity index (χ1) is 12.9. The highest BCUT2D eigenvalue weighted by Gasteiger charge is 2.29. The molecule has 0 spiro atoms. The minimum absolute atomic E-state index is 0.143. The van der Waals surface area contributed by atoms with Gasteiger partial charge < -0.3 is 14.8 Å². The van der Waals surface area contributed by atoms with Crippen molar-refractivity contribution >= 4 is 27.3 Å². The van der Waals surface area contributed by atoms with Gasteiger partial charge in [0.2, 0.25) is 10.0 Å². The number of rotatable bonds is 6. The maximum atomic E-state index is 12.2. The Bertz CT molecular complexity index is 943. The zero-order valence-electron chi connectivity index (χ0n) is 15.3. The van der Waals surface area contributed by atoms with Gasteiger partial charge in [-0.1, -0.05) is 12.1 Å². The second kappa shape index (κ2) is 7.87. The SMILES string of the molecule is COc1cc(N2CCCS2(=O)=O)ccc1NC(=O)COc1cccc(C)c1. The van der Waals surface area contributed by atoms with E-state index in [-0.39, 0.29) is 18.3 Å². The van der Waals surface area contributed by atoms with Crippen LogP contribution < -0.4 is 19.1 Å². The fourth-order valence-electron chi connectivity index (χ4n) is 2.91. The third-order valence-corrected chi connectivity index (χ3v) is 6.08. The Morgan fingerprint density at radius 3 is 2.70 bits per heavy atom. The number of anilines is 2. The van der Waals surface area contributed by atoms with Gasteiger partial charge in [-0.05, 0) is 43.2 Å². The molecule has 1 fully saturated rings. The lowest BCUT2D eigenvalue weighted by molar-refractivity contribution is -0.118. The van der Waals surface area contributed by atoms with Gasteiger partial charge in [0.1, 0.15) is 11.5 Å². The molecule has 0 saturated carbocycles. The molecule has 3 rings (SSSR count). The summed E-state index contributed by atoms with van der Waals surface area (Å²) in [7, 11) is -1.80. The summed E-state index contributed by atoms with van der Waals surface area (Å²) < 4.78 is 36.3. The zero-order valence-corrected chi connectivity index (χ0v) is 16.1. The second-order valence-electron chi connectivity index (χ2n) is 6.28. The number of benzene rings is 2. The standard InChI is InChI=1S/C19H22N2O5S/c1-14-5-3-6-16(11-14)26-13-19(22)20-17-8-7-15(12-18(17)25-2)21-9-4-10-27(21,23)24/h3,5-8,11-12H,4,9-10,13H2,1-2H3,(H,20,22). The van der Waals surface area contributed by atoms with Crippen LogP contribution in [0.1, 0.15) is 12.0 Å². The van der Waals surface area contributed by atoms with Crippen molar-refractivity contribution in [3.8, 4) is 11.5 Å². The van der Waals surface area contributed by atoms with Gasteiger partial charge in [0.15, 0.2) is 6.61 Å². The molecule has 1 saturated heterocycles. The highest BCUT2D eigenvalue weighted by atomic mass is 32.2. The van der Waals surface area contributed by atoms with Gasteiger partial charge in [-0.2, -0.15) is 0 Å². The Hall–Kier alpha value is -2.74. The van der Waals surface area contributed by atoms with Crippen molar-refractivity contribution in [3.63, 3.8) is 0 Å². The van der Waals surface area contributed by atoms with Crippen molar-refractivity contribution in [3.05, 3.63) is 48.0 Å². The largest absolute Gasteiger partial charge is 0.494 e. The van der Waals surface area contributed by atoms with Crippen molar-refractivity contribution < 1.29 is 22.7 Å². The molecule has 1 N–H and O–H groups in total. The van der Waals surface area contributed by atoms with E-state index in [0.29, 0.717) is 35.8 Å². The van der Waals surface area contributed by atoms with E-state index in [2.05, 4.69) is 5.32 Å². The zero-order chi connectivity index (χ0) is 19.4. The molecule has 144 valence electrons. The Balaban J connectivity index is 1.68. The molecule has 0 unspecified atom stereocenters. The van der Waals surface area contributed by atoms with E-state index < -0.39 is 10.0 Å². The van der Waals surface area contributed by atoms with Gasteiger partial charge in [0, 0.05) is 12.6 Å². The van der Waals surface area contributed by atoms with Gasteiger partial charge in [0.25, 0.3) is 5.91 Å². The summed E-state index contributed by atoms with van der Waals surface area (Å²) in [6.07, 6.45) is 0.597. The molecule has 8 heteroatoms. The fourth-order valence-corrected chi connectivity index (χ4v) is 4.46. The number of hydrogen-bond donors (Lipinski definition) is 1. The predicted molar refractivity (Wildman–Crippen MR) is 104 cm³/mol. The first kappa shape index (κ1) is 19.0. The first-order valence-electron chi connectivity index (χ1n) is 8.57. The van der Waals surface area contributed by atoms with Crippen LogP contribution in [-0.2, 0) is 14.8 Å².